The minimum absolute atomic E-state index is 0.0589. The largest absolute Gasteiger partial charge is 0.484 e. The Labute approximate surface area is 157 Å². The molecule has 6 heteroatoms. The summed E-state index contributed by atoms with van der Waals surface area (Å²) in [5, 5.41) is 5.19. The summed E-state index contributed by atoms with van der Waals surface area (Å²) >= 11 is 1.37. The first-order valence-corrected chi connectivity index (χ1v) is 9.19. The van der Waals surface area contributed by atoms with Crippen LogP contribution in [0.5, 0.6) is 5.75 Å². The number of carbonyl (C=O) groups is 1. The molecule has 5 nitrogen and oxygen atoms in total. The molecule has 26 heavy (non-hydrogen) atoms. The molecule has 0 radical (unpaired) electrons. The predicted octanol–water partition coefficient (Wildman–Crippen LogP) is 4.52. The minimum Gasteiger partial charge on any atom is -0.484 e. The molecule has 0 saturated heterocycles. The third-order valence-corrected chi connectivity index (χ3v) is 4.56. The zero-order valence-corrected chi connectivity index (χ0v) is 15.8. The number of aromatic nitrogens is 2. The maximum atomic E-state index is 12.1. The number of hydrogen-bond donors (Lipinski definition) is 1. The van der Waals surface area contributed by atoms with Gasteiger partial charge in [-0.1, -0.05) is 32.9 Å². The van der Waals surface area contributed by atoms with Crippen LogP contribution >= 0.6 is 11.3 Å². The van der Waals surface area contributed by atoms with Crippen LogP contribution in [0.4, 0.5) is 5.13 Å². The zero-order valence-electron chi connectivity index (χ0n) is 15.0. The lowest BCUT2D eigenvalue weighted by Crippen LogP contribution is -2.20. The number of pyridine rings is 1. The van der Waals surface area contributed by atoms with Crippen molar-refractivity contribution >= 4 is 22.4 Å². The van der Waals surface area contributed by atoms with E-state index in [9.17, 15) is 4.79 Å². The highest BCUT2D eigenvalue weighted by atomic mass is 32.1. The molecule has 3 aromatic rings. The van der Waals surface area contributed by atoms with Crippen LogP contribution < -0.4 is 10.1 Å². The van der Waals surface area contributed by atoms with E-state index in [1.165, 1.54) is 16.9 Å². The maximum absolute atomic E-state index is 12.1. The number of nitrogens with one attached hydrogen (secondary N) is 1. The highest BCUT2D eigenvalue weighted by Gasteiger charge is 2.13. The monoisotopic (exact) mass is 367 g/mol. The fourth-order valence-corrected chi connectivity index (χ4v) is 3.07. The number of thiazole rings is 1. The molecule has 2 aromatic heterocycles. The molecule has 0 bridgehead atoms. The lowest BCUT2D eigenvalue weighted by molar-refractivity contribution is -0.118. The van der Waals surface area contributed by atoms with E-state index in [2.05, 4.69) is 36.1 Å². The van der Waals surface area contributed by atoms with E-state index in [-0.39, 0.29) is 17.9 Å². The Morgan fingerprint density at radius 3 is 2.62 bits per heavy atom. The first kappa shape index (κ1) is 18.1. The van der Waals surface area contributed by atoms with E-state index in [1.807, 2.05) is 41.8 Å². The van der Waals surface area contributed by atoms with Gasteiger partial charge in [-0.25, -0.2) is 4.98 Å². The van der Waals surface area contributed by atoms with Gasteiger partial charge in [-0.15, -0.1) is 11.3 Å². The Morgan fingerprint density at radius 2 is 1.96 bits per heavy atom. The Bertz CT molecular complexity index is 868. The second-order valence-electron chi connectivity index (χ2n) is 6.89. The second-order valence-corrected chi connectivity index (χ2v) is 7.75. The number of anilines is 1. The quantitative estimate of drug-likeness (QED) is 0.720. The normalized spacial score (nSPS) is 11.2. The number of rotatable bonds is 5. The van der Waals surface area contributed by atoms with Gasteiger partial charge in [0.15, 0.2) is 11.7 Å². The number of benzene rings is 1. The smallest absolute Gasteiger partial charge is 0.264 e. The van der Waals surface area contributed by atoms with Crippen LogP contribution in [0, 0.1) is 0 Å². The van der Waals surface area contributed by atoms with Crippen molar-refractivity contribution in [2.45, 2.75) is 26.2 Å². The van der Waals surface area contributed by atoms with Crippen molar-refractivity contribution in [3.8, 4) is 17.0 Å². The van der Waals surface area contributed by atoms with Crippen LogP contribution in [0.3, 0.4) is 0 Å². The molecule has 2 heterocycles. The number of amides is 1. The Hall–Kier alpha value is -2.73. The molecule has 0 atom stereocenters. The molecule has 1 N–H and O–H groups in total. The molecule has 0 unspecified atom stereocenters. The molecule has 3 rings (SSSR count). The van der Waals surface area contributed by atoms with Gasteiger partial charge in [0.05, 0.1) is 5.69 Å². The van der Waals surface area contributed by atoms with Gasteiger partial charge in [0, 0.05) is 23.3 Å². The lowest BCUT2D eigenvalue weighted by Gasteiger charge is -2.19. The Kier molecular flexibility index (Phi) is 5.32. The van der Waals surface area contributed by atoms with E-state index < -0.39 is 0 Å². The SMILES string of the molecule is CC(C)(C)c1ccc(OCC(=O)Nc2nc(-c3cccnc3)cs2)cc1. The minimum atomic E-state index is -0.239. The summed E-state index contributed by atoms with van der Waals surface area (Å²) in [5.41, 5.74) is 3.02. The third kappa shape index (κ3) is 4.67. The maximum Gasteiger partial charge on any atom is 0.264 e. The molecular weight excluding hydrogens is 346 g/mol. The van der Waals surface area contributed by atoms with Gasteiger partial charge in [-0.2, -0.15) is 0 Å². The average Bonchev–Trinajstić information content (AvgIpc) is 3.09. The van der Waals surface area contributed by atoms with Crippen molar-refractivity contribution < 1.29 is 9.53 Å². The van der Waals surface area contributed by atoms with Gasteiger partial charge in [0.25, 0.3) is 5.91 Å². The summed E-state index contributed by atoms with van der Waals surface area (Å²) in [6.45, 7) is 6.41. The van der Waals surface area contributed by atoms with Gasteiger partial charge in [0.2, 0.25) is 0 Å². The van der Waals surface area contributed by atoms with Crippen molar-refractivity contribution in [2.75, 3.05) is 11.9 Å². The topological polar surface area (TPSA) is 64.1 Å². The number of ether oxygens (including phenoxy) is 1. The first-order valence-electron chi connectivity index (χ1n) is 8.31. The molecule has 0 aliphatic rings. The van der Waals surface area contributed by atoms with Crippen LogP contribution in [-0.4, -0.2) is 22.5 Å². The van der Waals surface area contributed by atoms with E-state index >= 15 is 0 Å². The van der Waals surface area contributed by atoms with Crippen molar-refractivity contribution in [2.24, 2.45) is 0 Å². The lowest BCUT2D eigenvalue weighted by atomic mass is 9.87. The van der Waals surface area contributed by atoms with E-state index in [1.54, 1.807) is 12.4 Å². The summed E-state index contributed by atoms with van der Waals surface area (Å²) in [6.07, 6.45) is 3.45. The van der Waals surface area contributed by atoms with Gasteiger partial charge >= 0.3 is 0 Å². The van der Waals surface area contributed by atoms with Gasteiger partial charge < -0.3 is 4.74 Å². The van der Waals surface area contributed by atoms with E-state index in [4.69, 9.17) is 4.74 Å². The van der Waals surface area contributed by atoms with E-state index in [0.29, 0.717) is 10.9 Å². The predicted molar refractivity (Wildman–Crippen MR) is 105 cm³/mol. The highest BCUT2D eigenvalue weighted by Crippen LogP contribution is 2.25. The average molecular weight is 367 g/mol. The van der Waals surface area contributed by atoms with Crippen LogP contribution in [-0.2, 0) is 10.2 Å². The second kappa shape index (κ2) is 7.66. The van der Waals surface area contributed by atoms with Crippen molar-refractivity contribution in [3.05, 3.63) is 59.7 Å². The fourth-order valence-electron chi connectivity index (χ4n) is 2.33. The highest BCUT2D eigenvalue weighted by molar-refractivity contribution is 7.14. The molecule has 1 aromatic carbocycles. The third-order valence-electron chi connectivity index (χ3n) is 3.80. The number of hydrogen-bond acceptors (Lipinski definition) is 5. The summed E-state index contributed by atoms with van der Waals surface area (Å²) in [6, 6.07) is 11.6. The summed E-state index contributed by atoms with van der Waals surface area (Å²) in [5.74, 6) is 0.431. The van der Waals surface area contributed by atoms with Crippen LogP contribution in [0.25, 0.3) is 11.3 Å². The molecule has 0 fully saturated rings. The zero-order chi connectivity index (χ0) is 18.6. The molecule has 134 valence electrons. The Morgan fingerprint density at radius 1 is 1.19 bits per heavy atom. The van der Waals surface area contributed by atoms with Crippen LogP contribution in [0.2, 0.25) is 0 Å². The molecular formula is C20H21N3O2S. The number of carbonyl (C=O) groups excluding carboxylic acids is 1. The van der Waals surface area contributed by atoms with Crippen LogP contribution in [0.1, 0.15) is 26.3 Å². The molecule has 0 aliphatic heterocycles. The van der Waals surface area contributed by atoms with Crippen molar-refractivity contribution in [1.82, 2.24) is 9.97 Å². The molecule has 1 amide bonds. The van der Waals surface area contributed by atoms with Gasteiger partial charge in [-0.05, 0) is 35.2 Å². The first-order chi connectivity index (χ1) is 12.4. The standard InChI is InChI=1S/C20H21N3O2S/c1-20(2,3)15-6-8-16(9-7-15)25-12-18(24)23-19-22-17(13-26-19)14-5-4-10-21-11-14/h4-11,13H,12H2,1-3H3,(H,22,23,24). The van der Waals surface area contributed by atoms with Gasteiger partial charge in [-0.3, -0.25) is 15.1 Å². The summed E-state index contributed by atoms with van der Waals surface area (Å²) in [4.78, 5) is 20.6. The number of nitrogens with zero attached hydrogens (tertiary/aromatic N) is 2. The van der Waals surface area contributed by atoms with Gasteiger partial charge in [0.1, 0.15) is 5.75 Å². The van der Waals surface area contributed by atoms with Crippen molar-refractivity contribution in [3.63, 3.8) is 0 Å². The van der Waals surface area contributed by atoms with Crippen LogP contribution in [0.15, 0.2) is 54.2 Å². The molecule has 0 aliphatic carbocycles. The fraction of sp³-hybridized carbons (Fsp3) is 0.250. The summed E-state index contributed by atoms with van der Waals surface area (Å²) < 4.78 is 5.55. The molecule has 0 spiro atoms. The van der Waals surface area contributed by atoms with Crippen molar-refractivity contribution in [1.29, 1.82) is 0 Å². The van der Waals surface area contributed by atoms with E-state index in [0.717, 1.165) is 11.3 Å². The molecule has 0 saturated carbocycles. The summed E-state index contributed by atoms with van der Waals surface area (Å²) in [7, 11) is 0. The Balaban J connectivity index is 1.54.